The molecule has 0 saturated heterocycles. The summed E-state index contributed by atoms with van der Waals surface area (Å²) in [4.78, 5) is 28.3. The maximum atomic E-state index is 13.9. The molecule has 3 rings (SSSR count). The summed E-state index contributed by atoms with van der Waals surface area (Å²) in [6.45, 7) is 7.26. The van der Waals surface area contributed by atoms with Gasteiger partial charge in [0.1, 0.15) is 12.6 Å². The van der Waals surface area contributed by atoms with Gasteiger partial charge < -0.3 is 10.2 Å². The maximum Gasteiger partial charge on any atom is 0.264 e. The second kappa shape index (κ2) is 13.3. The molecule has 0 bridgehead atoms. The molecule has 3 aromatic carbocycles. The minimum atomic E-state index is -4.12. The van der Waals surface area contributed by atoms with Gasteiger partial charge in [-0.05, 0) is 80.3 Å². The Bertz CT molecular complexity index is 1430. The van der Waals surface area contributed by atoms with Crippen LogP contribution in [0.15, 0.2) is 71.6 Å². The first-order valence-electron chi connectivity index (χ1n) is 12.6. The fraction of sp³-hybridized carbons (Fsp3) is 0.310. The Hall–Kier alpha value is -3.07. The molecular weight excluding hydrogens is 557 g/mol. The van der Waals surface area contributed by atoms with Crippen LogP contribution in [0.1, 0.15) is 37.0 Å². The van der Waals surface area contributed by atoms with Crippen LogP contribution in [-0.2, 0) is 26.2 Å². The minimum Gasteiger partial charge on any atom is -0.354 e. The summed E-state index contributed by atoms with van der Waals surface area (Å²) in [6.07, 6.45) is 0.727. The number of anilines is 1. The highest BCUT2D eigenvalue weighted by Crippen LogP contribution is 2.27. The van der Waals surface area contributed by atoms with E-state index in [2.05, 4.69) is 5.32 Å². The largest absolute Gasteiger partial charge is 0.354 e. The Morgan fingerprint density at radius 3 is 2.26 bits per heavy atom. The zero-order chi connectivity index (χ0) is 28.7. The third-order valence-electron chi connectivity index (χ3n) is 6.46. The van der Waals surface area contributed by atoms with E-state index in [1.165, 1.54) is 17.0 Å². The fourth-order valence-corrected chi connectivity index (χ4v) is 5.84. The van der Waals surface area contributed by atoms with E-state index in [0.717, 1.165) is 21.9 Å². The van der Waals surface area contributed by atoms with Crippen molar-refractivity contribution in [1.29, 1.82) is 0 Å². The molecule has 0 fully saturated rings. The van der Waals surface area contributed by atoms with E-state index < -0.39 is 28.5 Å². The van der Waals surface area contributed by atoms with Gasteiger partial charge in [0.15, 0.2) is 0 Å². The highest BCUT2D eigenvalue weighted by Gasteiger charge is 2.32. The minimum absolute atomic E-state index is 0.0122. The Kier molecular flexibility index (Phi) is 10.4. The molecule has 3 aromatic rings. The predicted octanol–water partition coefficient (Wildman–Crippen LogP) is 5.75. The first-order valence-corrected chi connectivity index (χ1v) is 14.8. The van der Waals surface area contributed by atoms with E-state index in [1.54, 1.807) is 55.5 Å². The van der Waals surface area contributed by atoms with E-state index in [0.29, 0.717) is 27.8 Å². The molecule has 0 aliphatic heterocycles. The lowest BCUT2D eigenvalue weighted by Gasteiger charge is -2.32. The molecule has 0 radical (unpaired) electrons. The maximum absolute atomic E-state index is 13.9. The lowest BCUT2D eigenvalue weighted by Crippen LogP contribution is -2.51. The van der Waals surface area contributed by atoms with Gasteiger partial charge in [0, 0.05) is 23.1 Å². The number of nitrogens with zero attached hydrogens (tertiary/aromatic N) is 2. The van der Waals surface area contributed by atoms with Crippen molar-refractivity contribution in [3.63, 3.8) is 0 Å². The van der Waals surface area contributed by atoms with Crippen LogP contribution in [0.2, 0.25) is 10.0 Å². The van der Waals surface area contributed by atoms with Gasteiger partial charge in [0.2, 0.25) is 11.8 Å². The Morgan fingerprint density at radius 2 is 1.64 bits per heavy atom. The third-order valence-corrected chi connectivity index (χ3v) is 8.84. The molecule has 0 aliphatic rings. The van der Waals surface area contributed by atoms with Crippen LogP contribution in [-0.4, -0.2) is 44.3 Å². The highest BCUT2D eigenvalue weighted by atomic mass is 35.5. The summed E-state index contributed by atoms with van der Waals surface area (Å²) in [5, 5.41) is 3.59. The Morgan fingerprint density at radius 1 is 0.949 bits per heavy atom. The van der Waals surface area contributed by atoms with Crippen molar-refractivity contribution >= 4 is 50.7 Å². The zero-order valence-electron chi connectivity index (χ0n) is 22.4. The zero-order valence-corrected chi connectivity index (χ0v) is 24.8. The number of amides is 2. The summed E-state index contributed by atoms with van der Waals surface area (Å²) in [5.41, 5.74) is 2.80. The first-order chi connectivity index (χ1) is 18.4. The first kappa shape index (κ1) is 30.5. The number of aryl methyl sites for hydroxylation is 2. The van der Waals surface area contributed by atoms with Gasteiger partial charge >= 0.3 is 0 Å². The van der Waals surface area contributed by atoms with Gasteiger partial charge in [-0.3, -0.25) is 13.9 Å². The van der Waals surface area contributed by atoms with Gasteiger partial charge in [-0.1, -0.05) is 60.5 Å². The lowest BCUT2D eigenvalue weighted by atomic mass is 10.1. The molecule has 2 amide bonds. The van der Waals surface area contributed by atoms with Crippen molar-refractivity contribution in [2.24, 2.45) is 0 Å². The lowest BCUT2D eigenvalue weighted by molar-refractivity contribution is -0.139. The van der Waals surface area contributed by atoms with E-state index in [-0.39, 0.29) is 17.3 Å². The van der Waals surface area contributed by atoms with E-state index >= 15 is 0 Å². The van der Waals surface area contributed by atoms with Crippen molar-refractivity contribution in [3.05, 3.63) is 93.5 Å². The van der Waals surface area contributed by atoms with Gasteiger partial charge in [-0.2, -0.15) is 0 Å². The average Bonchev–Trinajstić information content (AvgIpc) is 2.91. The average molecular weight is 591 g/mol. The summed E-state index contributed by atoms with van der Waals surface area (Å²) < 4.78 is 28.7. The van der Waals surface area contributed by atoms with E-state index in [9.17, 15) is 18.0 Å². The SMILES string of the molecule is CCCNC(=O)[C@H](C)N(Cc1ccc(Cl)cc1Cl)C(=O)CN(c1ccc(C)c(C)c1)S(=O)(=O)c1ccccc1. The summed E-state index contributed by atoms with van der Waals surface area (Å²) in [7, 11) is -4.12. The van der Waals surface area contributed by atoms with Gasteiger partial charge in [0.05, 0.1) is 10.6 Å². The number of rotatable bonds is 11. The van der Waals surface area contributed by atoms with Crippen LogP contribution < -0.4 is 9.62 Å². The molecule has 0 saturated carbocycles. The molecule has 0 unspecified atom stereocenters. The topological polar surface area (TPSA) is 86.8 Å². The van der Waals surface area contributed by atoms with Crippen molar-refractivity contribution < 1.29 is 18.0 Å². The number of halogens is 2. The Labute approximate surface area is 240 Å². The number of carbonyl (C=O) groups excluding carboxylic acids is 2. The van der Waals surface area contributed by atoms with Crippen LogP contribution in [0.25, 0.3) is 0 Å². The van der Waals surface area contributed by atoms with E-state index in [4.69, 9.17) is 23.2 Å². The molecule has 10 heteroatoms. The van der Waals surface area contributed by atoms with Crippen LogP contribution in [0, 0.1) is 13.8 Å². The second-order valence-electron chi connectivity index (χ2n) is 9.32. The van der Waals surface area contributed by atoms with Gasteiger partial charge in [-0.25, -0.2) is 8.42 Å². The number of sulfonamides is 1. The molecule has 0 aliphatic carbocycles. The van der Waals surface area contributed by atoms with Crippen molar-refractivity contribution in [2.75, 3.05) is 17.4 Å². The van der Waals surface area contributed by atoms with Crippen LogP contribution >= 0.6 is 23.2 Å². The van der Waals surface area contributed by atoms with Crippen LogP contribution in [0.3, 0.4) is 0 Å². The van der Waals surface area contributed by atoms with Crippen molar-refractivity contribution in [1.82, 2.24) is 10.2 Å². The summed E-state index contributed by atoms with van der Waals surface area (Å²) >= 11 is 12.5. The molecule has 0 heterocycles. The quantitative estimate of drug-likeness (QED) is 0.308. The van der Waals surface area contributed by atoms with Crippen molar-refractivity contribution in [3.8, 4) is 0 Å². The molecule has 208 valence electrons. The summed E-state index contributed by atoms with van der Waals surface area (Å²) in [6, 6.07) is 17.2. The predicted molar refractivity (Wildman–Crippen MR) is 157 cm³/mol. The molecule has 39 heavy (non-hydrogen) atoms. The molecule has 0 aromatic heterocycles. The highest BCUT2D eigenvalue weighted by molar-refractivity contribution is 7.92. The summed E-state index contributed by atoms with van der Waals surface area (Å²) in [5.74, 6) is -0.906. The van der Waals surface area contributed by atoms with Gasteiger partial charge in [-0.15, -0.1) is 0 Å². The number of hydrogen-bond acceptors (Lipinski definition) is 4. The van der Waals surface area contributed by atoms with Crippen LogP contribution in [0.4, 0.5) is 5.69 Å². The standard InChI is InChI=1S/C29H33Cl2N3O4S/c1-5-15-32-29(36)22(4)33(18-23-12-13-24(30)17-27(23)31)28(35)19-34(25-14-11-20(2)21(3)16-25)39(37,38)26-9-7-6-8-10-26/h6-14,16-17,22H,5,15,18-19H2,1-4H3,(H,32,36)/t22-/m0/s1. The molecule has 1 N–H and O–H groups in total. The second-order valence-corrected chi connectivity index (χ2v) is 12.0. The van der Waals surface area contributed by atoms with Crippen LogP contribution in [0.5, 0.6) is 0 Å². The molecule has 7 nitrogen and oxygen atoms in total. The molecule has 0 spiro atoms. The van der Waals surface area contributed by atoms with Crippen molar-refractivity contribution in [2.45, 2.75) is 51.6 Å². The normalized spacial score (nSPS) is 12.1. The number of benzene rings is 3. The number of nitrogens with one attached hydrogen (secondary N) is 1. The molecule has 1 atom stereocenters. The number of carbonyl (C=O) groups is 2. The monoisotopic (exact) mass is 589 g/mol. The Balaban J connectivity index is 2.05. The van der Waals surface area contributed by atoms with E-state index in [1.807, 2.05) is 26.8 Å². The fourth-order valence-electron chi connectivity index (χ4n) is 3.94. The molecular formula is C29H33Cl2N3O4S. The van der Waals surface area contributed by atoms with Gasteiger partial charge in [0.25, 0.3) is 10.0 Å². The number of hydrogen-bond donors (Lipinski definition) is 1. The third kappa shape index (κ3) is 7.53. The smallest absolute Gasteiger partial charge is 0.264 e.